The van der Waals surface area contributed by atoms with Gasteiger partial charge in [0.15, 0.2) is 10.1 Å². The third-order valence-corrected chi connectivity index (χ3v) is 3.13. The Morgan fingerprint density at radius 3 is 1.77 bits per heavy atom. The number of fused-ring (bicyclic) bond motifs is 4. The van der Waals surface area contributed by atoms with Gasteiger partial charge in [-0.3, -0.25) is 0 Å². The lowest BCUT2D eigenvalue weighted by Gasteiger charge is -2.19. The molecule has 1 heterocycles. The zero-order valence-corrected chi connectivity index (χ0v) is 7.43. The lowest BCUT2D eigenvalue weighted by atomic mass is 9.83. The Kier molecular flexibility index (Phi) is 1.10. The highest BCUT2D eigenvalue weighted by atomic mass is 32.1. The largest absolute Gasteiger partial charge is 0.499 e. The fourth-order valence-electron chi connectivity index (χ4n) is 1.76. The first-order chi connectivity index (χ1) is 6.29. The molecule has 0 radical (unpaired) electrons. The first-order valence-corrected chi connectivity index (χ1v) is 4.75. The third kappa shape index (κ3) is 0.680. The zero-order chi connectivity index (χ0) is 9.00. The molecule has 64 valence electrons. The summed E-state index contributed by atoms with van der Waals surface area (Å²) in [4.78, 5) is 0. The van der Waals surface area contributed by atoms with Crippen LogP contribution in [0.25, 0.3) is 22.3 Å². The van der Waals surface area contributed by atoms with E-state index >= 15 is 0 Å². The fraction of sp³-hybridized carbons (Fsp3) is 0. The van der Waals surface area contributed by atoms with Crippen molar-refractivity contribution in [3.63, 3.8) is 0 Å². The third-order valence-electron chi connectivity index (χ3n) is 2.34. The summed E-state index contributed by atoms with van der Waals surface area (Å²) in [6, 6.07) is 7.75. The van der Waals surface area contributed by atoms with E-state index in [9.17, 15) is 10.2 Å². The molecule has 0 saturated carbocycles. The van der Waals surface area contributed by atoms with Crippen LogP contribution in [0.15, 0.2) is 24.3 Å². The molecule has 1 aliphatic rings. The molecule has 0 aliphatic heterocycles. The van der Waals surface area contributed by atoms with E-state index in [-0.39, 0.29) is 10.1 Å². The van der Waals surface area contributed by atoms with E-state index in [2.05, 4.69) is 0 Å². The molecule has 1 aromatic carbocycles. The van der Waals surface area contributed by atoms with E-state index in [4.69, 9.17) is 0 Å². The van der Waals surface area contributed by atoms with Crippen LogP contribution < -0.4 is 0 Å². The lowest BCUT2D eigenvalue weighted by molar-refractivity contribution is 0.489. The van der Waals surface area contributed by atoms with Gasteiger partial charge in [0.2, 0.25) is 0 Å². The van der Waals surface area contributed by atoms with Crippen molar-refractivity contribution in [1.29, 1.82) is 0 Å². The van der Waals surface area contributed by atoms with Gasteiger partial charge in [0.25, 0.3) is 0 Å². The number of thiophene rings is 1. The van der Waals surface area contributed by atoms with Crippen molar-refractivity contribution in [3.8, 4) is 32.4 Å². The summed E-state index contributed by atoms with van der Waals surface area (Å²) >= 11 is 1.03. The van der Waals surface area contributed by atoms with Gasteiger partial charge in [-0.05, 0) is 11.1 Å². The molecule has 3 rings (SSSR count). The second-order valence-electron chi connectivity index (χ2n) is 3.01. The van der Waals surface area contributed by atoms with Crippen molar-refractivity contribution in [1.82, 2.24) is 0 Å². The Bertz CT molecular complexity index is 456. The molecular weight excluding hydrogens is 184 g/mol. The first-order valence-electron chi connectivity index (χ1n) is 3.93. The first kappa shape index (κ1) is 6.97. The monoisotopic (exact) mass is 190 g/mol. The molecule has 3 heteroatoms. The lowest BCUT2D eigenvalue weighted by Crippen LogP contribution is -1.93. The fourth-order valence-corrected chi connectivity index (χ4v) is 2.58. The average molecular weight is 190 g/mol. The maximum absolute atomic E-state index is 9.48. The highest BCUT2D eigenvalue weighted by Gasteiger charge is 2.31. The Hall–Kier alpha value is -1.48. The van der Waals surface area contributed by atoms with Crippen LogP contribution in [0, 0.1) is 0 Å². The molecule has 0 amide bonds. The predicted molar refractivity (Wildman–Crippen MR) is 52.1 cm³/mol. The van der Waals surface area contributed by atoms with E-state index in [1.54, 1.807) is 0 Å². The Morgan fingerprint density at radius 1 is 0.846 bits per heavy atom. The molecule has 0 fully saturated rings. The normalized spacial score (nSPS) is 11.7. The summed E-state index contributed by atoms with van der Waals surface area (Å²) < 4.78 is 0. The second-order valence-corrected chi connectivity index (χ2v) is 3.99. The van der Waals surface area contributed by atoms with Gasteiger partial charge in [0.05, 0.1) is 0 Å². The molecule has 0 spiro atoms. The summed E-state index contributed by atoms with van der Waals surface area (Å²) in [5.74, 6) is 0. The number of hydrogen-bond acceptors (Lipinski definition) is 3. The van der Waals surface area contributed by atoms with Crippen molar-refractivity contribution in [2.24, 2.45) is 0 Å². The smallest absolute Gasteiger partial charge is 0.183 e. The number of hydrogen-bond donors (Lipinski definition) is 2. The molecule has 2 nitrogen and oxygen atoms in total. The van der Waals surface area contributed by atoms with Gasteiger partial charge in [-0.1, -0.05) is 35.6 Å². The quantitative estimate of drug-likeness (QED) is 0.572. The molecule has 1 aliphatic carbocycles. The van der Waals surface area contributed by atoms with Gasteiger partial charge in [-0.2, -0.15) is 0 Å². The van der Waals surface area contributed by atoms with Crippen molar-refractivity contribution < 1.29 is 10.2 Å². The summed E-state index contributed by atoms with van der Waals surface area (Å²) in [6.07, 6.45) is 0. The van der Waals surface area contributed by atoms with Crippen LogP contribution in [0.2, 0.25) is 0 Å². The summed E-state index contributed by atoms with van der Waals surface area (Å²) in [5, 5.41) is 19.4. The maximum Gasteiger partial charge on any atom is 0.183 e. The van der Waals surface area contributed by atoms with Crippen molar-refractivity contribution in [2.75, 3.05) is 0 Å². The van der Waals surface area contributed by atoms with Gasteiger partial charge in [0.1, 0.15) is 0 Å². The van der Waals surface area contributed by atoms with Crippen LogP contribution in [0.4, 0.5) is 0 Å². The van der Waals surface area contributed by atoms with Crippen molar-refractivity contribution >= 4 is 11.3 Å². The van der Waals surface area contributed by atoms with Crippen LogP contribution >= 0.6 is 11.3 Å². The molecule has 1 aromatic heterocycles. The highest BCUT2D eigenvalue weighted by Crippen LogP contribution is 2.60. The molecule has 0 saturated heterocycles. The maximum atomic E-state index is 9.48. The molecule has 0 unspecified atom stereocenters. The predicted octanol–water partition coefficient (Wildman–Crippen LogP) is 2.81. The zero-order valence-electron chi connectivity index (χ0n) is 6.61. The van der Waals surface area contributed by atoms with E-state index in [0.29, 0.717) is 0 Å². The Labute approximate surface area is 78.7 Å². The van der Waals surface area contributed by atoms with E-state index in [1.165, 1.54) is 0 Å². The second kappa shape index (κ2) is 2.06. The van der Waals surface area contributed by atoms with Crippen molar-refractivity contribution in [3.05, 3.63) is 24.3 Å². The average Bonchev–Trinajstić information content (AvgIpc) is 2.30. The Balaban J connectivity index is 2.37. The van der Waals surface area contributed by atoms with Crippen LogP contribution in [0.3, 0.4) is 0 Å². The van der Waals surface area contributed by atoms with Crippen molar-refractivity contribution in [2.45, 2.75) is 0 Å². The molecule has 2 N–H and O–H groups in total. The minimum Gasteiger partial charge on any atom is -0.499 e. The van der Waals surface area contributed by atoms with Crippen LogP contribution in [-0.4, -0.2) is 10.2 Å². The standard InChI is InChI=1S/C10H6O2S/c11-9-7-5-3-1-2-4-6(5)8(7)10(12)13-9/h1-4,11-12H. The van der Waals surface area contributed by atoms with Gasteiger partial charge in [-0.15, -0.1) is 0 Å². The summed E-state index contributed by atoms with van der Waals surface area (Å²) in [5.41, 5.74) is 3.68. The van der Waals surface area contributed by atoms with E-state index in [1.807, 2.05) is 24.3 Å². The number of benzene rings is 1. The molecule has 0 bridgehead atoms. The number of aromatic hydroxyl groups is 2. The van der Waals surface area contributed by atoms with Crippen LogP contribution in [-0.2, 0) is 0 Å². The van der Waals surface area contributed by atoms with Crippen LogP contribution in [0.1, 0.15) is 0 Å². The topological polar surface area (TPSA) is 40.5 Å². The minimum absolute atomic E-state index is 0.214. The summed E-state index contributed by atoms with van der Waals surface area (Å²) in [6.45, 7) is 0. The van der Waals surface area contributed by atoms with Gasteiger partial charge in [-0.25, -0.2) is 0 Å². The SMILES string of the molecule is Oc1sc(O)c2c1-c1ccccc1-2. The van der Waals surface area contributed by atoms with E-state index in [0.717, 1.165) is 33.6 Å². The van der Waals surface area contributed by atoms with Gasteiger partial charge >= 0.3 is 0 Å². The van der Waals surface area contributed by atoms with Gasteiger partial charge < -0.3 is 10.2 Å². The molecule has 0 atom stereocenters. The summed E-state index contributed by atoms with van der Waals surface area (Å²) in [7, 11) is 0. The van der Waals surface area contributed by atoms with E-state index < -0.39 is 0 Å². The Morgan fingerprint density at radius 2 is 1.31 bits per heavy atom. The molecule has 2 aromatic rings. The number of rotatable bonds is 0. The molecular formula is C10H6O2S. The van der Waals surface area contributed by atoms with Gasteiger partial charge in [0, 0.05) is 11.1 Å². The minimum atomic E-state index is 0.214. The van der Waals surface area contributed by atoms with Crippen LogP contribution in [0.5, 0.6) is 10.1 Å². The molecule has 13 heavy (non-hydrogen) atoms. The highest BCUT2D eigenvalue weighted by molar-refractivity contribution is 7.17.